The summed E-state index contributed by atoms with van der Waals surface area (Å²) in [5.41, 5.74) is 6.26. The minimum atomic E-state index is 0.290. The van der Waals surface area contributed by atoms with E-state index in [-0.39, 0.29) is 0 Å². The Kier molecular flexibility index (Phi) is 5.52. The molecule has 19 heavy (non-hydrogen) atoms. The monoisotopic (exact) mass is 263 g/mol. The van der Waals surface area contributed by atoms with E-state index in [4.69, 9.17) is 15.2 Å². The molecule has 1 atom stereocenters. The van der Waals surface area contributed by atoms with Crippen LogP contribution in [-0.2, 0) is 0 Å². The average molecular weight is 263 g/mol. The van der Waals surface area contributed by atoms with E-state index in [0.29, 0.717) is 18.6 Å². The van der Waals surface area contributed by atoms with Gasteiger partial charge in [-0.25, -0.2) is 0 Å². The number of rotatable bonds is 6. The van der Waals surface area contributed by atoms with E-state index in [2.05, 4.69) is 0 Å². The number of hydrogen-bond donors (Lipinski definition) is 1. The van der Waals surface area contributed by atoms with Gasteiger partial charge in [-0.3, -0.25) is 0 Å². The summed E-state index contributed by atoms with van der Waals surface area (Å²) in [6, 6.07) is 7.99. The Labute approximate surface area is 116 Å². The Morgan fingerprint density at radius 1 is 1.11 bits per heavy atom. The van der Waals surface area contributed by atoms with Crippen LogP contribution in [0.5, 0.6) is 11.5 Å². The smallest absolute Gasteiger partial charge is 0.119 e. The largest absolute Gasteiger partial charge is 0.497 e. The van der Waals surface area contributed by atoms with Gasteiger partial charge >= 0.3 is 0 Å². The lowest BCUT2D eigenvalue weighted by atomic mass is 9.83. The Morgan fingerprint density at radius 3 is 2.37 bits per heavy atom. The standard InChI is InChI=1S/C16H25NO2/c1-18-14-7-9-15(10-8-14)19-12-11-16(17)13-5-3-2-4-6-13/h7-10,13,16H,2-6,11-12,17H2,1H3. The van der Waals surface area contributed by atoms with Gasteiger partial charge < -0.3 is 15.2 Å². The van der Waals surface area contributed by atoms with Crippen molar-refractivity contribution in [1.82, 2.24) is 0 Å². The molecular formula is C16H25NO2. The fourth-order valence-corrected chi connectivity index (χ4v) is 2.78. The van der Waals surface area contributed by atoms with Crippen molar-refractivity contribution in [3.8, 4) is 11.5 Å². The van der Waals surface area contributed by atoms with E-state index in [9.17, 15) is 0 Å². The molecule has 1 aliphatic rings. The van der Waals surface area contributed by atoms with Gasteiger partial charge in [0, 0.05) is 6.04 Å². The van der Waals surface area contributed by atoms with Crippen LogP contribution < -0.4 is 15.2 Å². The molecule has 1 aliphatic carbocycles. The van der Waals surface area contributed by atoms with Gasteiger partial charge in [0.2, 0.25) is 0 Å². The lowest BCUT2D eigenvalue weighted by Crippen LogP contribution is -2.33. The maximum Gasteiger partial charge on any atom is 0.119 e. The molecule has 0 saturated heterocycles. The quantitative estimate of drug-likeness (QED) is 0.855. The Balaban J connectivity index is 1.69. The summed E-state index contributed by atoms with van der Waals surface area (Å²) in [6.07, 6.45) is 7.60. The second-order valence-corrected chi connectivity index (χ2v) is 5.37. The molecule has 3 heteroatoms. The second-order valence-electron chi connectivity index (χ2n) is 5.37. The third kappa shape index (κ3) is 4.43. The highest BCUT2D eigenvalue weighted by molar-refractivity contribution is 5.31. The van der Waals surface area contributed by atoms with Crippen LogP contribution >= 0.6 is 0 Å². The highest BCUT2D eigenvalue weighted by Gasteiger charge is 2.20. The zero-order valence-electron chi connectivity index (χ0n) is 11.8. The summed E-state index contributed by atoms with van der Waals surface area (Å²) in [5.74, 6) is 2.44. The molecule has 1 aromatic rings. The topological polar surface area (TPSA) is 44.5 Å². The molecule has 1 unspecified atom stereocenters. The fraction of sp³-hybridized carbons (Fsp3) is 0.625. The Bertz CT molecular complexity index is 358. The van der Waals surface area contributed by atoms with Crippen molar-refractivity contribution in [2.45, 2.75) is 44.6 Å². The van der Waals surface area contributed by atoms with Crippen LogP contribution in [0, 0.1) is 5.92 Å². The van der Waals surface area contributed by atoms with Gasteiger partial charge in [-0.2, -0.15) is 0 Å². The molecule has 3 nitrogen and oxygen atoms in total. The summed E-state index contributed by atoms with van der Waals surface area (Å²) >= 11 is 0. The summed E-state index contributed by atoms with van der Waals surface area (Å²) in [7, 11) is 1.67. The molecule has 0 radical (unpaired) electrons. The molecular weight excluding hydrogens is 238 g/mol. The van der Waals surface area contributed by atoms with Crippen LogP contribution in [0.1, 0.15) is 38.5 Å². The Morgan fingerprint density at radius 2 is 1.74 bits per heavy atom. The molecule has 1 saturated carbocycles. The summed E-state index contributed by atoms with van der Waals surface area (Å²) in [6.45, 7) is 0.698. The highest BCUT2D eigenvalue weighted by atomic mass is 16.5. The molecule has 2 N–H and O–H groups in total. The van der Waals surface area contributed by atoms with Gasteiger partial charge in [-0.15, -0.1) is 0 Å². The second kappa shape index (κ2) is 7.39. The van der Waals surface area contributed by atoms with E-state index in [0.717, 1.165) is 17.9 Å². The first-order chi connectivity index (χ1) is 9.29. The van der Waals surface area contributed by atoms with E-state index in [1.54, 1.807) is 7.11 Å². The zero-order valence-corrected chi connectivity index (χ0v) is 11.8. The number of hydrogen-bond acceptors (Lipinski definition) is 3. The van der Waals surface area contributed by atoms with Gasteiger partial charge in [0.05, 0.1) is 13.7 Å². The molecule has 0 spiro atoms. The molecule has 0 bridgehead atoms. The lowest BCUT2D eigenvalue weighted by molar-refractivity contribution is 0.243. The highest BCUT2D eigenvalue weighted by Crippen LogP contribution is 2.27. The van der Waals surface area contributed by atoms with Gasteiger partial charge in [0.15, 0.2) is 0 Å². The molecule has 1 fully saturated rings. The molecule has 0 aromatic heterocycles. The first kappa shape index (κ1) is 14.2. The summed E-state index contributed by atoms with van der Waals surface area (Å²) in [5, 5.41) is 0. The maximum absolute atomic E-state index is 6.26. The molecule has 0 heterocycles. The number of nitrogens with two attached hydrogens (primary N) is 1. The minimum Gasteiger partial charge on any atom is -0.497 e. The normalized spacial score (nSPS) is 18.0. The van der Waals surface area contributed by atoms with Crippen molar-refractivity contribution in [2.75, 3.05) is 13.7 Å². The minimum absolute atomic E-state index is 0.290. The SMILES string of the molecule is COc1ccc(OCCC(N)C2CCCCC2)cc1. The van der Waals surface area contributed by atoms with Crippen molar-refractivity contribution < 1.29 is 9.47 Å². The molecule has 106 valence electrons. The van der Waals surface area contributed by atoms with Crippen molar-refractivity contribution in [3.05, 3.63) is 24.3 Å². The first-order valence-corrected chi connectivity index (χ1v) is 7.32. The van der Waals surface area contributed by atoms with Crippen molar-refractivity contribution in [1.29, 1.82) is 0 Å². The van der Waals surface area contributed by atoms with Gasteiger partial charge in [0.25, 0.3) is 0 Å². The average Bonchev–Trinajstić information content (AvgIpc) is 2.49. The van der Waals surface area contributed by atoms with Crippen LogP contribution in [-0.4, -0.2) is 19.8 Å². The third-order valence-electron chi connectivity index (χ3n) is 4.03. The van der Waals surface area contributed by atoms with Crippen molar-refractivity contribution >= 4 is 0 Å². The first-order valence-electron chi connectivity index (χ1n) is 7.32. The lowest BCUT2D eigenvalue weighted by Gasteiger charge is -2.27. The van der Waals surface area contributed by atoms with Gasteiger partial charge in [-0.1, -0.05) is 19.3 Å². The van der Waals surface area contributed by atoms with E-state index >= 15 is 0 Å². The van der Waals surface area contributed by atoms with Crippen LogP contribution in [0.4, 0.5) is 0 Å². The molecule has 1 aromatic carbocycles. The van der Waals surface area contributed by atoms with Gasteiger partial charge in [-0.05, 0) is 49.4 Å². The van der Waals surface area contributed by atoms with E-state index in [1.807, 2.05) is 24.3 Å². The molecule has 0 amide bonds. The molecule has 0 aliphatic heterocycles. The van der Waals surface area contributed by atoms with E-state index < -0.39 is 0 Å². The maximum atomic E-state index is 6.26. The molecule has 2 rings (SSSR count). The predicted molar refractivity (Wildman–Crippen MR) is 77.7 cm³/mol. The van der Waals surface area contributed by atoms with Crippen molar-refractivity contribution in [3.63, 3.8) is 0 Å². The van der Waals surface area contributed by atoms with Crippen LogP contribution in [0.2, 0.25) is 0 Å². The number of benzene rings is 1. The van der Waals surface area contributed by atoms with E-state index in [1.165, 1.54) is 32.1 Å². The Hall–Kier alpha value is -1.22. The predicted octanol–water partition coefficient (Wildman–Crippen LogP) is 3.37. The summed E-state index contributed by atoms with van der Waals surface area (Å²) in [4.78, 5) is 0. The van der Waals surface area contributed by atoms with Crippen LogP contribution in [0.25, 0.3) is 0 Å². The fourth-order valence-electron chi connectivity index (χ4n) is 2.78. The number of ether oxygens (including phenoxy) is 2. The third-order valence-corrected chi connectivity index (χ3v) is 4.03. The summed E-state index contributed by atoms with van der Waals surface area (Å²) < 4.78 is 10.8. The van der Waals surface area contributed by atoms with Gasteiger partial charge in [0.1, 0.15) is 11.5 Å². The van der Waals surface area contributed by atoms with Crippen LogP contribution in [0.3, 0.4) is 0 Å². The van der Waals surface area contributed by atoms with Crippen LogP contribution in [0.15, 0.2) is 24.3 Å². The van der Waals surface area contributed by atoms with Crippen molar-refractivity contribution in [2.24, 2.45) is 11.7 Å². The number of methoxy groups -OCH3 is 1. The zero-order chi connectivity index (χ0) is 13.5.